The largest absolute Gasteiger partial charge is 0.388 e. The molecule has 0 radical (unpaired) electrons. The van der Waals surface area contributed by atoms with Gasteiger partial charge in [0.1, 0.15) is 0 Å². The lowest BCUT2D eigenvalue weighted by Crippen LogP contribution is -2.19. The van der Waals surface area contributed by atoms with Crippen LogP contribution in [-0.4, -0.2) is 11.2 Å². The van der Waals surface area contributed by atoms with Crippen molar-refractivity contribution in [3.05, 3.63) is 47.1 Å². The fraction of sp³-hybridized carbons (Fsp3) is 0.600. The highest BCUT2D eigenvalue weighted by molar-refractivity contribution is 5.13. The maximum atomic E-state index is 10.5. The molecular weight excluding hydrogens is 256 g/mol. The Balaban J connectivity index is 2.90. The van der Waals surface area contributed by atoms with Gasteiger partial charge in [0.15, 0.2) is 0 Å². The van der Waals surface area contributed by atoms with Crippen LogP contribution in [0.25, 0.3) is 0 Å². The Bertz CT molecular complexity index is 437. The van der Waals surface area contributed by atoms with Crippen LogP contribution in [0.2, 0.25) is 0 Å². The molecule has 0 bridgehead atoms. The lowest BCUT2D eigenvalue weighted by molar-refractivity contribution is 0.165. The lowest BCUT2D eigenvalue weighted by Gasteiger charge is -2.22. The number of hydrogen-bond donors (Lipinski definition) is 1. The Kier molecular flexibility index (Phi) is 7.74. The third-order valence-corrected chi connectivity index (χ3v) is 4.41. The van der Waals surface area contributed by atoms with Gasteiger partial charge in [0.2, 0.25) is 0 Å². The van der Waals surface area contributed by atoms with Crippen LogP contribution in [0.5, 0.6) is 0 Å². The third kappa shape index (κ3) is 6.95. The van der Waals surface area contributed by atoms with Crippen molar-refractivity contribution in [1.82, 2.24) is 0 Å². The standard InChI is InChI=1S/C20H32O/c1-15(2)19-13-12-17(4)10-6-8-16(3)9-7-11-18(5)14-20(19)21/h9-10,14,19-21H,1,6-8,11-13H2,2-5H3. The van der Waals surface area contributed by atoms with Crippen LogP contribution in [0.1, 0.15) is 66.2 Å². The minimum Gasteiger partial charge on any atom is -0.388 e. The third-order valence-electron chi connectivity index (χ3n) is 4.41. The van der Waals surface area contributed by atoms with Gasteiger partial charge in [0.25, 0.3) is 0 Å². The van der Waals surface area contributed by atoms with E-state index in [1.54, 1.807) is 0 Å². The van der Waals surface area contributed by atoms with E-state index in [9.17, 15) is 5.11 Å². The van der Waals surface area contributed by atoms with Crippen LogP contribution >= 0.6 is 0 Å². The van der Waals surface area contributed by atoms with Crippen LogP contribution in [-0.2, 0) is 0 Å². The monoisotopic (exact) mass is 288 g/mol. The van der Waals surface area contributed by atoms with Gasteiger partial charge in [-0.3, -0.25) is 0 Å². The Labute approximate surface area is 131 Å². The zero-order valence-corrected chi connectivity index (χ0v) is 14.3. The average Bonchev–Trinajstić information content (AvgIpc) is 2.37. The predicted octanol–water partition coefficient (Wildman–Crippen LogP) is 5.73. The van der Waals surface area contributed by atoms with Crippen LogP contribution in [0, 0.1) is 5.92 Å². The molecule has 1 N–H and O–H groups in total. The first kappa shape index (κ1) is 18.0. The van der Waals surface area contributed by atoms with Crippen LogP contribution in [0.4, 0.5) is 0 Å². The van der Waals surface area contributed by atoms with Gasteiger partial charge < -0.3 is 5.11 Å². The highest BCUT2D eigenvalue weighted by Crippen LogP contribution is 2.25. The summed E-state index contributed by atoms with van der Waals surface area (Å²) in [6.07, 6.45) is 12.8. The Morgan fingerprint density at radius 1 is 1.00 bits per heavy atom. The second kappa shape index (κ2) is 9.04. The number of allylic oxidation sites excluding steroid dienone is 5. The summed E-state index contributed by atoms with van der Waals surface area (Å²) in [5.74, 6) is 0.170. The molecule has 2 atom stereocenters. The number of aliphatic hydroxyl groups excluding tert-OH is 1. The van der Waals surface area contributed by atoms with E-state index >= 15 is 0 Å². The van der Waals surface area contributed by atoms with E-state index in [0.29, 0.717) is 0 Å². The molecule has 1 nitrogen and oxygen atoms in total. The van der Waals surface area contributed by atoms with Crippen LogP contribution in [0.15, 0.2) is 47.1 Å². The Morgan fingerprint density at radius 3 is 2.10 bits per heavy atom. The molecule has 0 fully saturated rings. The summed E-state index contributed by atoms with van der Waals surface area (Å²) in [5.41, 5.74) is 5.27. The molecule has 0 saturated heterocycles. The van der Waals surface area contributed by atoms with Gasteiger partial charge in [-0.2, -0.15) is 0 Å². The van der Waals surface area contributed by atoms with Gasteiger partial charge in [-0.05, 0) is 66.2 Å². The van der Waals surface area contributed by atoms with Crippen molar-refractivity contribution >= 4 is 0 Å². The first-order valence-corrected chi connectivity index (χ1v) is 8.22. The van der Waals surface area contributed by atoms with Crippen LogP contribution < -0.4 is 0 Å². The summed E-state index contributed by atoms with van der Waals surface area (Å²) < 4.78 is 0. The molecule has 21 heavy (non-hydrogen) atoms. The normalized spacial score (nSPS) is 26.2. The highest BCUT2D eigenvalue weighted by atomic mass is 16.3. The van der Waals surface area contributed by atoms with E-state index < -0.39 is 6.10 Å². The van der Waals surface area contributed by atoms with Gasteiger partial charge in [0, 0.05) is 5.92 Å². The summed E-state index contributed by atoms with van der Waals surface area (Å²) >= 11 is 0. The summed E-state index contributed by atoms with van der Waals surface area (Å²) in [6, 6.07) is 0. The van der Waals surface area contributed by atoms with Gasteiger partial charge in [0.05, 0.1) is 6.10 Å². The summed E-state index contributed by atoms with van der Waals surface area (Å²) in [7, 11) is 0. The maximum Gasteiger partial charge on any atom is 0.0788 e. The minimum absolute atomic E-state index is 0.170. The molecule has 1 heteroatoms. The van der Waals surface area contributed by atoms with Crippen molar-refractivity contribution in [3.8, 4) is 0 Å². The van der Waals surface area contributed by atoms with Crippen molar-refractivity contribution in [2.24, 2.45) is 5.92 Å². The SMILES string of the molecule is C=C(C)C1CCC(C)=CCCC(C)=CCCC(C)=CC1O. The highest BCUT2D eigenvalue weighted by Gasteiger charge is 2.18. The second-order valence-corrected chi connectivity index (χ2v) is 6.67. The van der Waals surface area contributed by atoms with Crippen molar-refractivity contribution in [2.45, 2.75) is 72.3 Å². The molecule has 0 saturated carbocycles. The predicted molar refractivity (Wildman–Crippen MR) is 93.3 cm³/mol. The van der Waals surface area contributed by atoms with Gasteiger partial charge in [-0.25, -0.2) is 0 Å². The quantitative estimate of drug-likeness (QED) is 0.611. The van der Waals surface area contributed by atoms with Gasteiger partial charge in [-0.15, -0.1) is 0 Å². The molecule has 0 aromatic rings. The zero-order chi connectivity index (χ0) is 15.8. The Hall–Kier alpha value is -1.08. The molecule has 0 aromatic heterocycles. The van der Waals surface area contributed by atoms with E-state index in [0.717, 1.165) is 44.1 Å². The molecule has 0 amide bonds. The Morgan fingerprint density at radius 2 is 1.52 bits per heavy atom. The maximum absolute atomic E-state index is 10.5. The second-order valence-electron chi connectivity index (χ2n) is 6.67. The van der Waals surface area contributed by atoms with Gasteiger partial charge >= 0.3 is 0 Å². The van der Waals surface area contributed by atoms with Gasteiger partial charge in [-0.1, -0.05) is 47.1 Å². The van der Waals surface area contributed by atoms with Crippen molar-refractivity contribution < 1.29 is 5.11 Å². The minimum atomic E-state index is -0.400. The molecule has 0 heterocycles. The van der Waals surface area contributed by atoms with Crippen molar-refractivity contribution in [3.63, 3.8) is 0 Å². The summed E-state index contributed by atoms with van der Waals surface area (Å²) in [6.45, 7) is 12.7. The van der Waals surface area contributed by atoms with E-state index in [1.807, 2.05) is 13.0 Å². The van der Waals surface area contributed by atoms with E-state index in [-0.39, 0.29) is 5.92 Å². The molecule has 1 aliphatic carbocycles. The number of hydrogen-bond acceptors (Lipinski definition) is 1. The molecule has 1 rings (SSSR count). The fourth-order valence-corrected chi connectivity index (χ4v) is 2.88. The molecule has 0 spiro atoms. The van der Waals surface area contributed by atoms with Crippen LogP contribution in [0.3, 0.4) is 0 Å². The first-order valence-electron chi connectivity index (χ1n) is 8.22. The molecular formula is C20H32O. The summed E-state index contributed by atoms with van der Waals surface area (Å²) in [4.78, 5) is 0. The molecule has 0 aromatic carbocycles. The fourth-order valence-electron chi connectivity index (χ4n) is 2.88. The molecule has 1 aliphatic rings. The lowest BCUT2D eigenvalue weighted by atomic mass is 9.87. The number of rotatable bonds is 1. The average molecular weight is 288 g/mol. The van der Waals surface area contributed by atoms with Crippen molar-refractivity contribution in [2.75, 3.05) is 0 Å². The summed E-state index contributed by atoms with van der Waals surface area (Å²) in [5, 5.41) is 10.5. The van der Waals surface area contributed by atoms with E-state index in [1.165, 1.54) is 16.7 Å². The molecule has 2 unspecified atom stereocenters. The van der Waals surface area contributed by atoms with Crippen molar-refractivity contribution in [1.29, 1.82) is 0 Å². The smallest absolute Gasteiger partial charge is 0.0788 e. The first-order chi connectivity index (χ1) is 9.90. The topological polar surface area (TPSA) is 20.2 Å². The molecule has 118 valence electrons. The van der Waals surface area contributed by atoms with E-state index in [4.69, 9.17) is 0 Å². The number of aliphatic hydroxyl groups is 1. The zero-order valence-electron chi connectivity index (χ0n) is 14.3. The molecule has 0 aliphatic heterocycles. The van der Waals surface area contributed by atoms with E-state index in [2.05, 4.69) is 39.5 Å².